The summed E-state index contributed by atoms with van der Waals surface area (Å²) >= 11 is 0. The third-order valence-electron chi connectivity index (χ3n) is 2.64. The highest BCUT2D eigenvalue weighted by atomic mass is 16.5. The van der Waals surface area contributed by atoms with Gasteiger partial charge >= 0.3 is 11.9 Å². The molecule has 0 saturated heterocycles. The predicted molar refractivity (Wildman–Crippen MR) is 65.8 cm³/mol. The summed E-state index contributed by atoms with van der Waals surface area (Å²) in [5.74, 6) is -1.86. The summed E-state index contributed by atoms with van der Waals surface area (Å²) in [7, 11) is 2.56. The van der Waals surface area contributed by atoms with Gasteiger partial charge in [-0.05, 0) is 12.8 Å². The maximum absolute atomic E-state index is 12.1. The Kier molecular flexibility index (Phi) is 6.58. The minimum Gasteiger partial charge on any atom is -0.469 e. The highest BCUT2D eigenvalue weighted by Crippen LogP contribution is 2.24. The Balaban J connectivity index is 4.57. The normalized spacial score (nSPS) is 12.7. The average Bonchev–Trinajstić information content (AvgIpc) is 2.31. The third kappa shape index (κ3) is 5.29. The molecule has 0 heterocycles. The molecular weight excluding hydrogens is 236 g/mol. The molecule has 0 amide bonds. The van der Waals surface area contributed by atoms with Gasteiger partial charge in [0.1, 0.15) is 5.92 Å². The minimum atomic E-state index is -0.806. The molecule has 0 rings (SSSR count). The van der Waals surface area contributed by atoms with Gasteiger partial charge < -0.3 is 9.47 Å². The molecule has 5 nitrogen and oxygen atoms in total. The lowest BCUT2D eigenvalue weighted by atomic mass is 9.81. The molecule has 0 radical (unpaired) electrons. The Morgan fingerprint density at radius 3 is 2.00 bits per heavy atom. The van der Waals surface area contributed by atoms with E-state index in [0.29, 0.717) is 12.8 Å². The van der Waals surface area contributed by atoms with E-state index in [-0.39, 0.29) is 18.2 Å². The van der Waals surface area contributed by atoms with Gasteiger partial charge in [-0.3, -0.25) is 14.4 Å². The third-order valence-corrected chi connectivity index (χ3v) is 2.64. The Hall–Kier alpha value is -1.39. The zero-order chi connectivity index (χ0) is 14.3. The summed E-state index contributed by atoms with van der Waals surface area (Å²) < 4.78 is 9.14. The van der Waals surface area contributed by atoms with Crippen molar-refractivity contribution in [2.75, 3.05) is 14.2 Å². The number of esters is 2. The van der Waals surface area contributed by atoms with E-state index in [9.17, 15) is 14.4 Å². The van der Waals surface area contributed by atoms with Crippen molar-refractivity contribution in [2.45, 2.75) is 40.0 Å². The molecule has 0 aliphatic heterocycles. The van der Waals surface area contributed by atoms with Crippen LogP contribution in [0.25, 0.3) is 0 Å². The second kappa shape index (κ2) is 7.13. The summed E-state index contributed by atoms with van der Waals surface area (Å²) in [6.45, 7) is 5.27. The first-order chi connectivity index (χ1) is 8.23. The topological polar surface area (TPSA) is 69.7 Å². The van der Waals surface area contributed by atoms with E-state index in [2.05, 4.69) is 9.47 Å². The largest absolute Gasteiger partial charge is 0.469 e. The molecule has 0 aliphatic rings. The highest BCUT2D eigenvalue weighted by molar-refractivity contribution is 6.01. The van der Waals surface area contributed by atoms with Gasteiger partial charge in [-0.25, -0.2) is 0 Å². The lowest BCUT2D eigenvalue weighted by molar-refractivity contribution is -0.152. The molecule has 0 aromatic rings. The van der Waals surface area contributed by atoms with Gasteiger partial charge in [0.2, 0.25) is 0 Å². The van der Waals surface area contributed by atoms with Crippen molar-refractivity contribution in [3.63, 3.8) is 0 Å². The molecule has 0 aliphatic carbocycles. The van der Waals surface area contributed by atoms with E-state index in [4.69, 9.17) is 0 Å². The number of ketones is 1. The smallest absolute Gasteiger partial charge is 0.316 e. The number of carbonyl (C=O) groups excluding carboxylic acids is 3. The highest BCUT2D eigenvalue weighted by Gasteiger charge is 2.34. The predicted octanol–water partition coefficient (Wildman–Crippen LogP) is 1.73. The van der Waals surface area contributed by atoms with Crippen molar-refractivity contribution in [1.29, 1.82) is 0 Å². The molecule has 0 bridgehead atoms. The van der Waals surface area contributed by atoms with Crippen molar-refractivity contribution in [3.05, 3.63) is 0 Å². The van der Waals surface area contributed by atoms with Gasteiger partial charge in [-0.1, -0.05) is 20.8 Å². The maximum Gasteiger partial charge on any atom is 0.316 e. The summed E-state index contributed by atoms with van der Waals surface area (Å²) in [5, 5.41) is 0. The van der Waals surface area contributed by atoms with Gasteiger partial charge in [-0.2, -0.15) is 0 Å². The van der Waals surface area contributed by atoms with Gasteiger partial charge in [0.05, 0.1) is 14.2 Å². The number of Topliss-reactive ketones (excluding diaryl/α,β-unsaturated/α-hetero) is 1. The van der Waals surface area contributed by atoms with Crippen LogP contribution < -0.4 is 0 Å². The molecule has 104 valence electrons. The SMILES string of the molecule is COC(=O)CCCC(C(=O)OC)C(=O)C(C)(C)C. The summed E-state index contributed by atoms with van der Waals surface area (Å²) in [6.07, 6.45) is 0.924. The molecule has 0 saturated carbocycles. The monoisotopic (exact) mass is 258 g/mol. The van der Waals surface area contributed by atoms with E-state index in [1.54, 1.807) is 20.8 Å². The summed E-state index contributed by atoms with van der Waals surface area (Å²) in [6, 6.07) is 0. The van der Waals surface area contributed by atoms with Crippen LogP contribution in [-0.2, 0) is 23.9 Å². The van der Waals surface area contributed by atoms with E-state index in [1.165, 1.54) is 14.2 Å². The number of hydrogen-bond acceptors (Lipinski definition) is 5. The number of carbonyl (C=O) groups is 3. The van der Waals surface area contributed by atoms with Crippen LogP contribution in [0.3, 0.4) is 0 Å². The van der Waals surface area contributed by atoms with Crippen molar-refractivity contribution < 1.29 is 23.9 Å². The minimum absolute atomic E-state index is 0.167. The van der Waals surface area contributed by atoms with Gasteiger partial charge in [0.15, 0.2) is 5.78 Å². The first kappa shape index (κ1) is 16.6. The second-order valence-electron chi connectivity index (χ2n) is 5.16. The Bertz CT molecular complexity index is 314. The fourth-order valence-electron chi connectivity index (χ4n) is 1.57. The van der Waals surface area contributed by atoms with Crippen LogP contribution in [-0.4, -0.2) is 31.9 Å². The molecule has 0 N–H and O–H groups in total. The molecule has 5 heteroatoms. The second-order valence-corrected chi connectivity index (χ2v) is 5.16. The Morgan fingerprint density at radius 1 is 1.06 bits per heavy atom. The van der Waals surface area contributed by atoms with Crippen LogP contribution in [0.15, 0.2) is 0 Å². The first-order valence-electron chi connectivity index (χ1n) is 5.93. The van der Waals surface area contributed by atoms with Crippen molar-refractivity contribution >= 4 is 17.7 Å². The fourth-order valence-corrected chi connectivity index (χ4v) is 1.57. The van der Waals surface area contributed by atoms with Crippen LogP contribution in [0, 0.1) is 11.3 Å². The molecule has 0 aromatic carbocycles. The fraction of sp³-hybridized carbons (Fsp3) is 0.769. The quantitative estimate of drug-likeness (QED) is 0.536. The summed E-state index contributed by atoms with van der Waals surface area (Å²) in [5.41, 5.74) is -0.607. The van der Waals surface area contributed by atoms with Crippen LogP contribution in [0.4, 0.5) is 0 Å². The lowest BCUT2D eigenvalue weighted by Gasteiger charge is -2.22. The van der Waals surface area contributed by atoms with E-state index in [0.717, 1.165) is 0 Å². The number of ether oxygens (including phenoxy) is 2. The molecule has 0 spiro atoms. The lowest BCUT2D eigenvalue weighted by Crippen LogP contribution is -2.34. The van der Waals surface area contributed by atoms with Gasteiger partial charge in [0.25, 0.3) is 0 Å². The van der Waals surface area contributed by atoms with Gasteiger partial charge in [-0.15, -0.1) is 0 Å². The molecule has 1 atom stereocenters. The van der Waals surface area contributed by atoms with Crippen molar-refractivity contribution in [1.82, 2.24) is 0 Å². The number of methoxy groups -OCH3 is 2. The van der Waals surface area contributed by atoms with Crippen LogP contribution in [0.5, 0.6) is 0 Å². The van der Waals surface area contributed by atoms with Crippen LogP contribution in [0.1, 0.15) is 40.0 Å². The van der Waals surface area contributed by atoms with Crippen molar-refractivity contribution in [2.24, 2.45) is 11.3 Å². The van der Waals surface area contributed by atoms with E-state index in [1.807, 2.05) is 0 Å². The molecule has 18 heavy (non-hydrogen) atoms. The molecular formula is C13H22O5. The van der Waals surface area contributed by atoms with Crippen LogP contribution >= 0.6 is 0 Å². The Labute approximate surface area is 108 Å². The van der Waals surface area contributed by atoms with Gasteiger partial charge in [0, 0.05) is 11.8 Å². The zero-order valence-corrected chi connectivity index (χ0v) is 11.7. The average molecular weight is 258 g/mol. The molecule has 0 aromatic heterocycles. The van der Waals surface area contributed by atoms with Crippen molar-refractivity contribution in [3.8, 4) is 0 Å². The number of hydrogen-bond donors (Lipinski definition) is 0. The van der Waals surface area contributed by atoms with E-state index >= 15 is 0 Å². The summed E-state index contributed by atoms with van der Waals surface area (Å²) in [4.78, 5) is 34.7. The maximum atomic E-state index is 12.1. The Morgan fingerprint density at radius 2 is 1.61 bits per heavy atom. The standard InChI is InChI=1S/C13H22O5/c1-13(2,3)11(15)9(12(16)18-5)7-6-8-10(14)17-4/h9H,6-8H2,1-5H3. The van der Waals surface area contributed by atoms with Crippen LogP contribution in [0.2, 0.25) is 0 Å². The van der Waals surface area contributed by atoms with E-state index < -0.39 is 17.3 Å². The molecule has 0 fully saturated rings. The first-order valence-corrected chi connectivity index (χ1v) is 5.93. The number of rotatable bonds is 6. The molecule has 1 unspecified atom stereocenters. The zero-order valence-electron chi connectivity index (χ0n) is 11.7.